The van der Waals surface area contributed by atoms with Crippen molar-refractivity contribution in [1.82, 2.24) is 10.6 Å². The van der Waals surface area contributed by atoms with Gasteiger partial charge in [0, 0.05) is 19.1 Å². The molecule has 2 rings (SSSR count). The standard InChI is InChI=1S/C14H22N2O2/c17-8-10-18-9-7-16-14-5-6-15-11-12-3-1-2-4-13(12)14/h1-4,14-17H,5-11H2. The molecule has 0 aromatic heterocycles. The molecule has 1 aromatic rings. The number of hydrogen-bond donors (Lipinski definition) is 3. The van der Waals surface area contributed by atoms with Crippen LogP contribution in [0.3, 0.4) is 0 Å². The lowest BCUT2D eigenvalue weighted by Gasteiger charge is -2.19. The highest BCUT2D eigenvalue weighted by Gasteiger charge is 2.16. The van der Waals surface area contributed by atoms with Crippen molar-refractivity contribution in [2.45, 2.75) is 19.0 Å². The van der Waals surface area contributed by atoms with Crippen LogP contribution in [-0.4, -0.2) is 38.0 Å². The van der Waals surface area contributed by atoms with Gasteiger partial charge in [-0.05, 0) is 24.1 Å². The second-order valence-electron chi connectivity index (χ2n) is 4.51. The van der Waals surface area contributed by atoms with Crippen LogP contribution in [0.5, 0.6) is 0 Å². The van der Waals surface area contributed by atoms with Gasteiger partial charge in [0.05, 0.1) is 19.8 Å². The van der Waals surface area contributed by atoms with Crippen LogP contribution in [0.4, 0.5) is 0 Å². The third kappa shape index (κ3) is 3.78. The zero-order valence-corrected chi connectivity index (χ0v) is 10.7. The van der Waals surface area contributed by atoms with Gasteiger partial charge < -0.3 is 20.5 Å². The maximum absolute atomic E-state index is 8.63. The third-order valence-corrected chi connectivity index (χ3v) is 3.23. The molecule has 4 nitrogen and oxygen atoms in total. The summed E-state index contributed by atoms with van der Waals surface area (Å²) < 4.78 is 5.26. The van der Waals surface area contributed by atoms with Gasteiger partial charge in [0.25, 0.3) is 0 Å². The van der Waals surface area contributed by atoms with Gasteiger partial charge in [0.2, 0.25) is 0 Å². The maximum Gasteiger partial charge on any atom is 0.0698 e. The van der Waals surface area contributed by atoms with Crippen molar-refractivity contribution in [1.29, 1.82) is 0 Å². The fourth-order valence-corrected chi connectivity index (χ4v) is 2.34. The first-order valence-corrected chi connectivity index (χ1v) is 6.62. The summed E-state index contributed by atoms with van der Waals surface area (Å²) in [5.41, 5.74) is 2.77. The Morgan fingerprint density at radius 2 is 2.22 bits per heavy atom. The molecular formula is C14H22N2O2. The molecule has 1 aliphatic rings. The molecule has 1 heterocycles. The lowest BCUT2D eigenvalue weighted by molar-refractivity contribution is 0.0924. The van der Waals surface area contributed by atoms with E-state index in [9.17, 15) is 0 Å². The highest BCUT2D eigenvalue weighted by molar-refractivity contribution is 5.30. The first kappa shape index (κ1) is 13.5. The Labute approximate surface area is 108 Å². The minimum absolute atomic E-state index is 0.0934. The third-order valence-electron chi connectivity index (χ3n) is 3.23. The van der Waals surface area contributed by atoms with Crippen LogP contribution >= 0.6 is 0 Å². The molecule has 0 saturated heterocycles. The van der Waals surface area contributed by atoms with Crippen molar-refractivity contribution in [3.05, 3.63) is 35.4 Å². The number of fused-ring (bicyclic) bond motifs is 1. The molecule has 0 bridgehead atoms. The highest BCUT2D eigenvalue weighted by Crippen LogP contribution is 2.22. The summed E-state index contributed by atoms with van der Waals surface area (Å²) in [5.74, 6) is 0. The van der Waals surface area contributed by atoms with E-state index in [1.54, 1.807) is 0 Å². The molecule has 18 heavy (non-hydrogen) atoms. The van der Waals surface area contributed by atoms with Crippen molar-refractivity contribution in [3.63, 3.8) is 0 Å². The zero-order chi connectivity index (χ0) is 12.6. The zero-order valence-electron chi connectivity index (χ0n) is 10.7. The number of aliphatic hydroxyl groups is 1. The van der Waals surface area contributed by atoms with E-state index in [4.69, 9.17) is 9.84 Å². The summed E-state index contributed by atoms with van der Waals surface area (Å²) in [6.07, 6.45) is 1.09. The first-order valence-electron chi connectivity index (χ1n) is 6.62. The molecule has 3 N–H and O–H groups in total. The number of rotatable bonds is 6. The van der Waals surface area contributed by atoms with E-state index < -0.39 is 0 Å². The molecule has 0 saturated carbocycles. The van der Waals surface area contributed by atoms with Gasteiger partial charge in [0.1, 0.15) is 0 Å². The Morgan fingerprint density at radius 3 is 3.11 bits per heavy atom. The van der Waals surface area contributed by atoms with Crippen molar-refractivity contribution >= 4 is 0 Å². The van der Waals surface area contributed by atoms with Gasteiger partial charge in [-0.3, -0.25) is 0 Å². The number of hydrogen-bond acceptors (Lipinski definition) is 4. The fourth-order valence-electron chi connectivity index (χ4n) is 2.34. The minimum atomic E-state index is 0.0934. The van der Waals surface area contributed by atoms with Gasteiger partial charge in [-0.25, -0.2) is 0 Å². The van der Waals surface area contributed by atoms with Crippen molar-refractivity contribution in [3.8, 4) is 0 Å². The van der Waals surface area contributed by atoms with E-state index in [1.165, 1.54) is 11.1 Å². The van der Waals surface area contributed by atoms with Crippen molar-refractivity contribution in [2.75, 3.05) is 32.9 Å². The predicted molar refractivity (Wildman–Crippen MR) is 71.4 cm³/mol. The first-order chi connectivity index (χ1) is 8.92. The molecular weight excluding hydrogens is 228 g/mol. The molecule has 100 valence electrons. The summed E-state index contributed by atoms with van der Waals surface area (Å²) in [6.45, 7) is 3.96. The van der Waals surface area contributed by atoms with Crippen LogP contribution in [0, 0.1) is 0 Å². The van der Waals surface area contributed by atoms with E-state index in [-0.39, 0.29) is 6.61 Å². The SMILES string of the molecule is OCCOCCNC1CCNCc2ccccc21. The monoisotopic (exact) mass is 250 g/mol. The molecule has 1 aliphatic heterocycles. The topological polar surface area (TPSA) is 53.5 Å². The lowest BCUT2D eigenvalue weighted by Crippen LogP contribution is -2.27. The molecule has 0 amide bonds. The normalized spacial score (nSPS) is 19.3. The summed E-state index contributed by atoms with van der Waals surface area (Å²) in [5, 5.41) is 15.6. The van der Waals surface area contributed by atoms with Gasteiger partial charge in [0.15, 0.2) is 0 Å². The van der Waals surface area contributed by atoms with Crippen LogP contribution < -0.4 is 10.6 Å². The quantitative estimate of drug-likeness (QED) is 0.654. The van der Waals surface area contributed by atoms with Crippen molar-refractivity contribution < 1.29 is 9.84 Å². The molecule has 4 heteroatoms. The van der Waals surface area contributed by atoms with Crippen LogP contribution in [0.1, 0.15) is 23.6 Å². The van der Waals surface area contributed by atoms with Crippen LogP contribution in [0.2, 0.25) is 0 Å². The molecule has 0 radical (unpaired) electrons. The number of ether oxygens (including phenoxy) is 1. The van der Waals surface area contributed by atoms with E-state index in [1.807, 2.05) is 0 Å². The van der Waals surface area contributed by atoms with E-state index in [0.29, 0.717) is 19.3 Å². The van der Waals surface area contributed by atoms with Gasteiger partial charge in [-0.2, -0.15) is 0 Å². The lowest BCUT2D eigenvalue weighted by atomic mass is 9.99. The summed E-state index contributed by atoms with van der Waals surface area (Å²) >= 11 is 0. The second-order valence-corrected chi connectivity index (χ2v) is 4.51. The summed E-state index contributed by atoms with van der Waals surface area (Å²) in [7, 11) is 0. The molecule has 0 spiro atoms. The Morgan fingerprint density at radius 1 is 1.33 bits per heavy atom. The minimum Gasteiger partial charge on any atom is -0.394 e. The molecule has 1 aromatic carbocycles. The van der Waals surface area contributed by atoms with Crippen LogP contribution in [-0.2, 0) is 11.3 Å². The predicted octanol–water partition coefficient (Wildman–Crippen LogP) is 0.819. The maximum atomic E-state index is 8.63. The number of nitrogens with one attached hydrogen (secondary N) is 2. The largest absolute Gasteiger partial charge is 0.394 e. The van der Waals surface area contributed by atoms with Crippen LogP contribution in [0.15, 0.2) is 24.3 Å². The summed E-state index contributed by atoms with van der Waals surface area (Å²) in [6, 6.07) is 8.97. The average Bonchev–Trinajstić information content (AvgIpc) is 2.61. The second kappa shape index (κ2) is 7.48. The van der Waals surface area contributed by atoms with E-state index >= 15 is 0 Å². The number of benzene rings is 1. The van der Waals surface area contributed by atoms with Crippen molar-refractivity contribution in [2.24, 2.45) is 0 Å². The molecule has 1 unspecified atom stereocenters. The average molecular weight is 250 g/mol. The highest BCUT2D eigenvalue weighted by atomic mass is 16.5. The van der Waals surface area contributed by atoms with E-state index in [2.05, 4.69) is 34.9 Å². The molecule has 0 fully saturated rings. The Kier molecular flexibility index (Phi) is 5.61. The van der Waals surface area contributed by atoms with Crippen LogP contribution in [0.25, 0.3) is 0 Å². The van der Waals surface area contributed by atoms with E-state index in [0.717, 1.165) is 26.1 Å². The fraction of sp³-hybridized carbons (Fsp3) is 0.571. The van der Waals surface area contributed by atoms with Gasteiger partial charge in [-0.15, -0.1) is 0 Å². The molecule has 1 atom stereocenters. The Hall–Kier alpha value is -0.940. The van der Waals surface area contributed by atoms with Gasteiger partial charge >= 0.3 is 0 Å². The molecule has 0 aliphatic carbocycles. The number of aliphatic hydroxyl groups excluding tert-OH is 1. The van der Waals surface area contributed by atoms with Gasteiger partial charge in [-0.1, -0.05) is 24.3 Å². The summed E-state index contributed by atoms with van der Waals surface area (Å²) in [4.78, 5) is 0. The smallest absolute Gasteiger partial charge is 0.0698 e. The Bertz CT molecular complexity index is 357. The Balaban J connectivity index is 1.88.